The van der Waals surface area contributed by atoms with Crippen molar-refractivity contribution in [3.05, 3.63) is 35.0 Å². The quantitative estimate of drug-likeness (QED) is 0.835. The Morgan fingerprint density at radius 2 is 1.85 bits per heavy atom. The molecule has 0 aliphatic rings. The molecule has 1 aromatic carbocycles. The van der Waals surface area contributed by atoms with Gasteiger partial charge in [0.1, 0.15) is 17.3 Å². The number of halogens is 5. The first-order valence-corrected chi connectivity index (χ1v) is 5.86. The normalized spacial score (nSPS) is 11.9. The van der Waals surface area contributed by atoms with Gasteiger partial charge in [0.25, 0.3) is 0 Å². The summed E-state index contributed by atoms with van der Waals surface area (Å²) in [5.41, 5.74) is -1.73. The SMILES string of the molecule is CCNc1c(C)c(C(F)(F)F)nc2cc(F)cc(F)c12. The van der Waals surface area contributed by atoms with Crippen LogP contribution in [0, 0.1) is 18.6 Å². The van der Waals surface area contributed by atoms with Gasteiger partial charge in [0.05, 0.1) is 16.6 Å². The summed E-state index contributed by atoms with van der Waals surface area (Å²) >= 11 is 0. The molecule has 2 aromatic rings. The van der Waals surface area contributed by atoms with Crippen molar-refractivity contribution in [2.24, 2.45) is 0 Å². The average Bonchev–Trinajstić information content (AvgIpc) is 2.30. The first-order chi connectivity index (χ1) is 9.25. The summed E-state index contributed by atoms with van der Waals surface area (Å²) < 4.78 is 65.8. The van der Waals surface area contributed by atoms with Gasteiger partial charge in [0.15, 0.2) is 0 Å². The molecule has 0 unspecified atom stereocenters. The fraction of sp³-hybridized carbons (Fsp3) is 0.308. The second-order valence-corrected chi connectivity index (χ2v) is 4.27. The lowest BCUT2D eigenvalue weighted by Crippen LogP contribution is -2.14. The molecule has 7 heteroatoms. The van der Waals surface area contributed by atoms with Crippen LogP contribution >= 0.6 is 0 Å². The highest BCUT2D eigenvalue weighted by Gasteiger charge is 2.36. The smallest absolute Gasteiger partial charge is 0.384 e. The standard InChI is InChI=1S/C13H11F5N2/c1-3-19-11-6(2)12(13(16,17)18)20-9-5-7(14)4-8(15)10(9)11/h4-5H,3H2,1-2H3,(H,19,20). The number of nitrogens with zero attached hydrogens (tertiary/aromatic N) is 1. The van der Waals surface area contributed by atoms with E-state index in [1.165, 1.54) is 6.92 Å². The van der Waals surface area contributed by atoms with E-state index in [1.54, 1.807) is 6.92 Å². The second kappa shape index (κ2) is 4.88. The van der Waals surface area contributed by atoms with Gasteiger partial charge in [-0.3, -0.25) is 0 Å². The van der Waals surface area contributed by atoms with Crippen LogP contribution in [0.25, 0.3) is 10.9 Å². The lowest BCUT2D eigenvalue weighted by Gasteiger charge is -2.17. The van der Waals surface area contributed by atoms with E-state index in [1.807, 2.05) is 0 Å². The van der Waals surface area contributed by atoms with Gasteiger partial charge in [-0.1, -0.05) is 0 Å². The van der Waals surface area contributed by atoms with Crippen LogP contribution in [0.15, 0.2) is 12.1 Å². The molecule has 1 heterocycles. The number of benzene rings is 1. The topological polar surface area (TPSA) is 24.9 Å². The van der Waals surface area contributed by atoms with Gasteiger partial charge in [-0.05, 0) is 13.8 Å². The Morgan fingerprint density at radius 3 is 2.40 bits per heavy atom. The fourth-order valence-corrected chi connectivity index (χ4v) is 2.08. The number of anilines is 1. The molecule has 108 valence electrons. The zero-order valence-electron chi connectivity index (χ0n) is 10.7. The average molecular weight is 290 g/mol. The minimum absolute atomic E-state index is 0.0117. The first-order valence-electron chi connectivity index (χ1n) is 5.86. The number of nitrogens with one attached hydrogen (secondary N) is 1. The lowest BCUT2D eigenvalue weighted by molar-refractivity contribution is -0.141. The van der Waals surface area contributed by atoms with Crippen molar-refractivity contribution >= 4 is 16.6 Å². The van der Waals surface area contributed by atoms with Crippen molar-refractivity contribution in [1.29, 1.82) is 0 Å². The number of alkyl halides is 3. The Morgan fingerprint density at radius 1 is 1.20 bits per heavy atom. The van der Waals surface area contributed by atoms with E-state index in [9.17, 15) is 22.0 Å². The third kappa shape index (κ3) is 2.39. The van der Waals surface area contributed by atoms with E-state index in [4.69, 9.17) is 0 Å². The van der Waals surface area contributed by atoms with Gasteiger partial charge in [-0.25, -0.2) is 13.8 Å². The molecule has 0 atom stereocenters. The Balaban J connectivity index is 2.91. The molecule has 0 radical (unpaired) electrons. The molecular weight excluding hydrogens is 279 g/mol. The second-order valence-electron chi connectivity index (χ2n) is 4.27. The zero-order valence-corrected chi connectivity index (χ0v) is 10.7. The molecule has 1 aromatic heterocycles. The number of rotatable bonds is 2. The molecular formula is C13H11F5N2. The summed E-state index contributed by atoms with van der Waals surface area (Å²) in [5, 5.41) is 2.55. The van der Waals surface area contributed by atoms with Crippen LogP contribution < -0.4 is 5.32 Å². The molecule has 0 saturated heterocycles. The molecule has 2 rings (SSSR count). The molecule has 20 heavy (non-hydrogen) atoms. The molecule has 0 bridgehead atoms. The van der Waals surface area contributed by atoms with Gasteiger partial charge < -0.3 is 5.32 Å². The minimum atomic E-state index is -4.69. The summed E-state index contributed by atoms with van der Waals surface area (Å²) in [5.74, 6) is -1.91. The Hall–Kier alpha value is -1.92. The maximum atomic E-state index is 13.8. The number of fused-ring (bicyclic) bond motifs is 1. The van der Waals surface area contributed by atoms with Crippen LogP contribution in [0.4, 0.5) is 27.6 Å². The predicted octanol–water partition coefficient (Wildman–Crippen LogP) is 4.27. The van der Waals surface area contributed by atoms with E-state index in [-0.39, 0.29) is 22.2 Å². The Bertz CT molecular complexity index is 664. The van der Waals surface area contributed by atoms with Crippen LogP contribution in [-0.4, -0.2) is 11.5 Å². The third-order valence-electron chi connectivity index (χ3n) is 2.87. The maximum absolute atomic E-state index is 13.8. The van der Waals surface area contributed by atoms with Gasteiger partial charge in [-0.15, -0.1) is 0 Å². The summed E-state index contributed by atoms with van der Waals surface area (Å²) in [6.07, 6.45) is -4.69. The van der Waals surface area contributed by atoms with E-state index in [2.05, 4.69) is 10.3 Å². The number of pyridine rings is 1. The molecule has 0 aliphatic carbocycles. The highest BCUT2D eigenvalue weighted by molar-refractivity contribution is 5.94. The molecule has 2 nitrogen and oxygen atoms in total. The summed E-state index contributed by atoms with van der Waals surface area (Å²) in [4.78, 5) is 3.37. The first kappa shape index (κ1) is 14.5. The van der Waals surface area contributed by atoms with Gasteiger partial charge in [-0.2, -0.15) is 13.2 Å². The monoisotopic (exact) mass is 290 g/mol. The fourth-order valence-electron chi connectivity index (χ4n) is 2.08. The molecule has 1 N–H and O–H groups in total. The Kier molecular flexibility index (Phi) is 3.54. The van der Waals surface area contributed by atoms with E-state index < -0.39 is 23.5 Å². The van der Waals surface area contributed by atoms with Crippen molar-refractivity contribution in [3.8, 4) is 0 Å². The van der Waals surface area contributed by atoms with E-state index >= 15 is 0 Å². The van der Waals surface area contributed by atoms with Crippen molar-refractivity contribution in [1.82, 2.24) is 4.98 Å². The van der Waals surface area contributed by atoms with Crippen LogP contribution in [0.1, 0.15) is 18.2 Å². The minimum Gasteiger partial charge on any atom is -0.384 e. The molecule has 0 aliphatic heterocycles. The van der Waals surface area contributed by atoms with Crippen LogP contribution in [0.3, 0.4) is 0 Å². The summed E-state index contributed by atoms with van der Waals surface area (Å²) in [7, 11) is 0. The van der Waals surface area contributed by atoms with Crippen molar-refractivity contribution in [2.75, 3.05) is 11.9 Å². The van der Waals surface area contributed by atoms with Crippen molar-refractivity contribution in [3.63, 3.8) is 0 Å². The molecule has 0 fully saturated rings. The van der Waals surface area contributed by atoms with Gasteiger partial charge in [0, 0.05) is 24.2 Å². The number of hydrogen-bond donors (Lipinski definition) is 1. The predicted molar refractivity (Wildman–Crippen MR) is 65.6 cm³/mol. The molecule has 0 amide bonds. The van der Waals surface area contributed by atoms with E-state index in [0.717, 1.165) is 6.07 Å². The number of aromatic nitrogens is 1. The highest BCUT2D eigenvalue weighted by Crippen LogP contribution is 2.38. The van der Waals surface area contributed by atoms with Crippen LogP contribution in [0.5, 0.6) is 0 Å². The molecule has 0 saturated carbocycles. The van der Waals surface area contributed by atoms with E-state index in [0.29, 0.717) is 12.6 Å². The van der Waals surface area contributed by atoms with Crippen molar-refractivity contribution < 1.29 is 22.0 Å². The third-order valence-corrected chi connectivity index (χ3v) is 2.87. The van der Waals surface area contributed by atoms with Crippen LogP contribution in [0.2, 0.25) is 0 Å². The van der Waals surface area contributed by atoms with Gasteiger partial charge in [0.2, 0.25) is 0 Å². The highest BCUT2D eigenvalue weighted by atomic mass is 19.4. The summed E-state index contributed by atoms with van der Waals surface area (Å²) in [6.45, 7) is 3.17. The summed E-state index contributed by atoms with van der Waals surface area (Å²) in [6, 6.07) is 1.41. The zero-order chi connectivity index (χ0) is 15.1. The van der Waals surface area contributed by atoms with Crippen molar-refractivity contribution in [2.45, 2.75) is 20.0 Å². The molecule has 0 spiro atoms. The van der Waals surface area contributed by atoms with Gasteiger partial charge >= 0.3 is 6.18 Å². The lowest BCUT2D eigenvalue weighted by atomic mass is 10.1. The Labute approximate surface area is 111 Å². The number of hydrogen-bond acceptors (Lipinski definition) is 2. The maximum Gasteiger partial charge on any atom is 0.433 e. The largest absolute Gasteiger partial charge is 0.433 e. The van der Waals surface area contributed by atoms with Crippen LogP contribution in [-0.2, 0) is 6.18 Å².